The van der Waals surface area contributed by atoms with E-state index < -0.39 is 4.33 Å². The zero-order chi connectivity index (χ0) is 12.9. The third-order valence-electron chi connectivity index (χ3n) is 3.16. The molecule has 1 fully saturated rings. The van der Waals surface area contributed by atoms with E-state index in [-0.39, 0.29) is 11.5 Å². The van der Waals surface area contributed by atoms with Crippen molar-refractivity contribution < 1.29 is 0 Å². The highest BCUT2D eigenvalue weighted by Crippen LogP contribution is 2.53. The van der Waals surface area contributed by atoms with Gasteiger partial charge in [-0.3, -0.25) is 9.36 Å². The van der Waals surface area contributed by atoms with Crippen LogP contribution in [-0.4, -0.2) is 13.9 Å². The van der Waals surface area contributed by atoms with Crippen molar-refractivity contribution in [1.29, 1.82) is 0 Å². The molecule has 3 rings (SSSR count). The first-order chi connectivity index (χ1) is 8.47. The first-order valence-electron chi connectivity index (χ1n) is 5.50. The molecule has 0 spiro atoms. The van der Waals surface area contributed by atoms with Gasteiger partial charge in [-0.1, -0.05) is 15.9 Å². The molecule has 1 aliphatic carbocycles. The first-order valence-corrected chi connectivity index (χ1v) is 7.05. The number of nitrogens with zero attached hydrogens (tertiary/aromatic N) is 2. The lowest BCUT2D eigenvalue weighted by Crippen LogP contribution is -2.22. The summed E-state index contributed by atoms with van der Waals surface area (Å²) in [6, 6.07) is 5.46. The molecule has 1 aromatic carbocycles. The lowest BCUT2D eigenvalue weighted by molar-refractivity contribution is 0.597. The number of hydrogen-bond acceptors (Lipinski definition) is 2. The molecule has 0 aliphatic heterocycles. The Labute approximate surface area is 122 Å². The fourth-order valence-corrected chi connectivity index (χ4v) is 2.84. The zero-order valence-corrected chi connectivity index (χ0v) is 12.3. The number of alkyl halides is 2. The summed E-state index contributed by atoms with van der Waals surface area (Å²) in [4.78, 5) is 16.5. The Bertz CT molecular complexity index is 683. The molecule has 0 radical (unpaired) electrons. The van der Waals surface area contributed by atoms with Gasteiger partial charge in [0.25, 0.3) is 5.56 Å². The molecule has 1 aromatic heterocycles. The normalized spacial score (nSPS) is 21.2. The Kier molecular flexibility index (Phi) is 2.92. The van der Waals surface area contributed by atoms with Gasteiger partial charge in [0.1, 0.15) is 4.33 Å². The topological polar surface area (TPSA) is 34.9 Å². The number of halogens is 3. The minimum absolute atomic E-state index is 0.0580. The molecule has 1 heterocycles. The van der Waals surface area contributed by atoms with E-state index in [2.05, 4.69) is 20.9 Å². The molecule has 0 bridgehead atoms. The molecule has 6 heteroatoms. The van der Waals surface area contributed by atoms with E-state index >= 15 is 0 Å². The average molecular weight is 348 g/mol. The number of aromatic nitrogens is 2. The maximum Gasteiger partial charge on any atom is 0.261 e. The van der Waals surface area contributed by atoms with Crippen LogP contribution in [0.1, 0.15) is 6.42 Å². The van der Waals surface area contributed by atoms with Crippen LogP contribution in [0, 0.1) is 5.92 Å². The lowest BCUT2D eigenvalue weighted by atomic mass is 10.2. The maximum atomic E-state index is 12.3. The second-order valence-corrected chi connectivity index (χ2v) is 6.98. The van der Waals surface area contributed by atoms with Crippen molar-refractivity contribution in [2.24, 2.45) is 5.92 Å². The van der Waals surface area contributed by atoms with Crippen LogP contribution >= 0.6 is 39.1 Å². The number of rotatable bonds is 2. The van der Waals surface area contributed by atoms with Crippen LogP contribution in [0.15, 0.2) is 33.8 Å². The second-order valence-electron chi connectivity index (χ2n) is 4.53. The summed E-state index contributed by atoms with van der Waals surface area (Å²) < 4.78 is 1.76. The van der Waals surface area contributed by atoms with Gasteiger partial charge in [-0.2, -0.15) is 0 Å². The fraction of sp³-hybridized carbons (Fsp3) is 0.333. The second kappa shape index (κ2) is 4.22. The Morgan fingerprint density at radius 3 is 2.89 bits per heavy atom. The van der Waals surface area contributed by atoms with Crippen molar-refractivity contribution in [3.8, 4) is 0 Å². The summed E-state index contributed by atoms with van der Waals surface area (Å²) in [5.74, 6) is 0.130. The predicted molar refractivity (Wildman–Crippen MR) is 76.2 cm³/mol. The molecular weight excluding hydrogens is 339 g/mol. The fourth-order valence-electron chi connectivity index (χ4n) is 1.97. The number of hydrogen-bond donors (Lipinski definition) is 0. The summed E-state index contributed by atoms with van der Waals surface area (Å²) in [7, 11) is 0. The number of fused-ring (bicyclic) bond motifs is 1. The molecule has 0 saturated heterocycles. The average Bonchev–Trinajstić information content (AvgIpc) is 2.91. The Balaban J connectivity index is 2.04. The van der Waals surface area contributed by atoms with Crippen LogP contribution in [0.25, 0.3) is 10.9 Å². The van der Waals surface area contributed by atoms with E-state index in [1.807, 2.05) is 12.1 Å². The van der Waals surface area contributed by atoms with E-state index in [4.69, 9.17) is 23.2 Å². The molecule has 0 N–H and O–H groups in total. The van der Waals surface area contributed by atoms with E-state index in [9.17, 15) is 4.79 Å². The molecule has 1 atom stereocenters. The maximum absolute atomic E-state index is 12.3. The highest BCUT2D eigenvalue weighted by atomic mass is 79.9. The summed E-state index contributed by atoms with van der Waals surface area (Å²) in [6.07, 6.45) is 2.28. The summed E-state index contributed by atoms with van der Waals surface area (Å²) >= 11 is 15.3. The molecular formula is C12H9BrCl2N2O. The van der Waals surface area contributed by atoms with Crippen molar-refractivity contribution in [2.75, 3.05) is 0 Å². The largest absolute Gasteiger partial charge is 0.298 e. The zero-order valence-electron chi connectivity index (χ0n) is 9.24. The van der Waals surface area contributed by atoms with Crippen LogP contribution in [0.5, 0.6) is 0 Å². The first kappa shape index (κ1) is 12.5. The quantitative estimate of drug-likeness (QED) is 0.781. The van der Waals surface area contributed by atoms with Crippen molar-refractivity contribution >= 4 is 50.0 Å². The highest BCUT2D eigenvalue weighted by molar-refractivity contribution is 9.10. The molecule has 3 nitrogen and oxygen atoms in total. The van der Waals surface area contributed by atoms with E-state index in [1.54, 1.807) is 17.0 Å². The van der Waals surface area contributed by atoms with Gasteiger partial charge in [0.2, 0.25) is 0 Å². The van der Waals surface area contributed by atoms with Gasteiger partial charge in [-0.15, -0.1) is 23.2 Å². The third kappa shape index (κ3) is 2.17. The molecule has 0 amide bonds. The minimum atomic E-state index is -0.675. The number of benzene rings is 1. The van der Waals surface area contributed by atoms with Gasteiger partial charge in [0, 0.05) is 16.9 Å². The summed E-state index contributed by atoms with van der Waals surface area (Å²) in [5.41, 5.74) is 0.635. The van der Waals surface area contributed by atoms with Crippen LogP contribution in [0.2, 0.25) is 0 Å². The molecule has 94 valence electrons. The smallest absolute Gasteiger partial charge is 0.261 e. The Morgan fingerprint density at radius 2 is 2.22 bits per heavy atom. The molecule has 18 heavy (non-hydrogen) atoms. The molecule has 1 saturated carbocycles. The third-order valence-corrected chi connectivity index (χ3v) is 4.58. The van der Waals surface area contributed by atoms with Crippen LogP contribution < -0.4 is 5.56 Å². The van der Waals surface area contributed by atoms with E-state index in [0.29, 0.717) is 17.4 Å². The molecule has 0 unspecified atom stereocenters. The van der Waals surface area contributed by atoms with Gasteiger partial charge in [0.15, 0.2) is 0 Å². The minimum Gasteiger partial charge on any atom is -0.298 e. The Morgan fingerprint density at radius 1 is 1.50 bits per heavy atom. The van der Waals surface area contributed by atoms with Gasteiger partial charge >= 0.3 is 0 Å². The van der Waals surface area contributed by atoms with Crippen molar-refractivity contribution in [3.05, 3.63) is 39.4 Å². The molecule has 1 aliphatic rings. The van der Waals surface area contributed by atoms with Crippen molar-refractivity contribution in [2.45, 2.75) is 17.3 Å². The van der Waals surface area contributed by atoms with Gasteiger partial charge in [-0.05, 0) is 24.6 Å². The van der Waals surface area contributed by atoms with Gasteiger partial charge in [-0.25, -0.2) is 4.98 Å². The monoisotopic (exact) mass is 346 g/mol. The summed E-state index contributed by atoms with van der Waals surface area (Å²) in [5, 5.41) is 0.599. The lowest BCUT2D eigenvalue weighted by Gasteiger charge is -2.06. The SMILES string of the molecule is O=c1c2cc(Br)ccc2ncn1C[C@@H]1CC1(Cl)Cl. The Hall–Kier alpha value is -0.580. The van der Waals surface area contributed by atoms with Crippen molar-refractivity contribution in [3.63, 3.8) is 0 Å². The molecule has 2 aromatic rings. The standard InChI is InChI=1S/C12H9BrCl2N2O/c13-8-1-2-10-9(3-8)11(18)17(6-16-10)5-7-4-12(7,14)15/h1-3,6-7H,4-5H2/t7-/m0/s1. The van der Waals surface area contributed by atoms with Crippen LogP contribution in [0.4, 0.5) is 0 Å². The van der Waals surface area contributed by atoms with Crippen molar-refractivity contribution in [1.82, 2.24) is 9.55 Å². The van der Waals surface area contributed by atoms with E-state index in [1.165, 1.54) is 0 Å². The van der Waals surface area contributed by atoms with Gasteiger partial charge < -0.3 is 0 Å². The predicted octanol–water partition coefficient (Wildman–Crippen LogP) is 3.35. The highest BCUT2D eigenvalue weighted by Gasteiger charge is 2.51. The summed E-state index contributed by atoms with van der Waals surface area (Å²) in [6.45, 7) is 0.515. The van der Waals surface area contributed by atoms with Crippen LogP contribution in [-0.2, 0) is 6.54 Å². The van der Waals surface area contributed by atoms with Crippen LogP contribution in [0.3, 0.4) is 0 Å². The van der Waals surface area contributed by atoms with E-state index in [0.717, 1.165) is 10.9 Å². The van der Waals surface area contributed by atoms with Gasteiger partial charge in [0.05, 0.1) is 17.2 Å².